The van der Waals surface area contributed by atoms with Gasteiger partial charge in [-0.3, -0.25) is 0 Å². The highest BCUT2D eigenvalue weighted by Gasteiger charge is 2.21. The van der Waals surface area contributed by atoms with Crippen molar-refractivity contribution >= 4 is 17.7 Å². The zero-order chi connectivity index (χ0) is 12.4. The Kier molecular flexibility index (Phi) is 3.70. The van der Waals surface area contributed by atoms with Crippen molar-refractivity contribution in [2.75, 3.05) is 29.5 Å². The van der Waals surface area contributed by atoms with Gasteiger partial charge in [0, 0.05) is 54.6 Å². The molecule has 0 spiro atoms. The average Bonchev–Trinajstić information content (AvgIpc) is 3.22. The summed E-state index contributed by atoms with van der Waals surface area (Å²) in [5.74, 6) is 3.28. The number of aryl methyl sites for hydroxylation is 1. The van der Waals surface area contributed by atoms with Gasteiger partial charge in [-0.2, -0.15) is 11.8 Å². The largest absolute Gasteiger partial charge is 0.339 e. The summed E-state index contributed by atoms with van der Waals surface area (Å²) >= 11 is 2.01. The van der Waals surface area contributed by atoms with Crippen LogP contribution in [0.5, 0.6) is 0 Å². The molecule has 1 aromatic rings. The first kappa shape index (κ1) is 12.2. The van der Waals surface area contributed by atoms with Crippen molar-refractivity contribution in [1.29, 1.82) is 0 Å². The van der Waals surface area contributed by atoms with Crippen LogP contribution in [0.25, 0.3) is 0 Å². The lowest BCUT2D eigenvalue weighted by Crippen LogP contribution is -2.34. The number of aromatic nitrogens is 2. The van der Waals surface area contributed by atoms with Crippen molar-refractivity contribution in [2.24, 2.45) is 0 Å². The van der Waals surface area contributed by atoms with Crippen LogP contribution in [0.1, 0.15) is 24.1 Å². The van der Waals surface area contributed by atoms with Crippen LogP contribution >= 0.6 is 11.8 Å². The third-order valence-corrected chi connectivity index (χ3v) is 4.46. The lowest BCUT2D eigenvalue weighted by atomic mass is 10.2. The van der Waals surface area contributed by atoms with E-state index in [4.69, 9.17) is 0 Å². The van der Waals surface area contributed by atoms with E-state index in [0.29, 0.717) is 0 Å². The first-order valence-corrected chi connectivity index (χ1v) is 7.87. The minimum Gasteiger partial charge on any atom is -0.339 e. The quantitative estimate of drug-likeness (QED) is 0.894. The molecule has 1 N–H and O–H groups in total. The topological polar surface area (TPSA) is 41.1 Å². The van der Waals surface area contributed by atoms with Crippen molar-refractivity contribution in [3.63, 3.8) is 0 Å². The summed E-state index contributed by atoms with van der Waals surface area (Å²) in [6, 6.07) is 0.739. The molecule has 0 amide bonds. The summed E-state index contributed by atoms with van der Waals surface area (Å²) < 4.78 is 0. The van der Waals surface area contributed by atoms with Crippen LogP contribution in [0.15, 0.2) is 6.20 Å². The normalized spacial score (nSPS) is 20.2. The van der Waals surface area contributed by atoms with E-state index in [1.165, 1.54) is 29.9 Å². The summed E-state index contributed by atoms with van der Waals surface area (Å²) in [4.78, 5) is 11.5. The maximum atomic E-state index is 4.66. The molecule has 1 saturated carbocycles. The number of anilines is 1. The summed E-state index contributed by atoms with van der Waals surface area (Å²) in [7, 11) is 0. The number of hydrogen-bond donors (Lipinski definition) is 1. The molecule has 98 valence electrons. The number of rotatable bonds is 4. The minimum absolute atomic E-state index is 0.739. The molecule has 0 atom stereocenters. The van der Waals surface area contributed by atoms with Gasteiger partial charge in [0.05, 0.1) is 0 Å². The molecule has 1 aliphatic heterocycles. The number of hydrogen-bond acceptors (Lipinski definition) is 5. The molecule has 0 bridgehead atoms. The zero-order valence-electron chi connectivity index (χ0n) is 10.9. The van der Waals surface area contributed by atoms with Gasteiger partial charge in [-0.25, -0.2) is 9.97 Å². The number of thioether (sulfide) groups is 1. The Balaban J connectivity index is 1.66. The van der Waals surface area contributed by atoms with Gasteiger partial charge in [0.15, 0.2) is 0 Å². The van der Waals surface area contributed by atoms with Crippen LogP contribution in [0.4, 0.5) is 5.95 Å². The molecule has 4 nitrogen and oxygen atoms in total. The second-order valence-corrected chi connectivity index (χ2v) is 6.26. The Labute approximate surface area is 113 Å². The highest BCUT2D eigenvalue weighted by atomic mass is 32.2. The summed E-state index contributed by atoms with van der Waals surface area (Å²) in [6.07, 6.45) is 4.64. The monoisotopic (exact) mass is 264 g/mol. The molecule has 1 aliphatic carbocycles. The van der Waals surface area contributed by atoms with Crippen LogP contribution < -0.4 is 10.2 Å². The third-order valence-electron chi connectivity index (χ3n) is 3.52. The van der Waals surface area contributed by atoms with Gasteiger partial charge in [-0.15, -0.1) is 0 Å². The fourth-order valence-corrected chi connectivity index (χ4v) is 3.01. The van der Waals surface area contributed by atoms with E-state index in [1.54, 1.807) is 0 Å². The molecule has 2 aliphatic rings. The van der Waals surface area contributed by atoms with Crippen LogP contribution in [-0.2, 0) is 6.54 Å². The summed E-state index contributed by atoms with van der Waals surface area (Å²) in [6.45, 7) is 5.15. The molecular weight excluding hydrogens is 244 g/mol. The van der Waals surface area contributed by atoms with Gasteiger partial charge in [0.25, 0.3) is 0 Å². The van der Waals surface area contributed by atoms with Crippen molar-refractivity contribution in [3.8, 4) is 0 Å². The van der Waals surface area contributed by atoms with E-state index >= 15 is 0 Å². The molecule has 3 rings (SSSR count). The number of nitrogens with zero attached hydrogens (tertiary/aromatic N) is 3. The van der Waals surface area contributed by atoms with E-state index < -0.39 is 0 Å². The Morgan fingerprint density at radius 2 is 2.17 bits per heavy atom. The molecule has 2 fully saturated rings. The van der Waals surface area contributed by atoms with E-state index in [9.17, 15) is 0 Å². The van der Waals surface area contributed by atoms with E-state index in [-0.39, 0.29) is 0 Å². The molecule has 0 radical (unpaired) electrons. The maximum absolute atomic E-state index is 4.66. The second-order valence-electron chi connectivity index (χ2n) is 5.04. The van der Waals surface area contributed by atoms with Gasteiger partial charge >= 0.3 is 0 Å². The predicted octanol–water partition coefficient (Wildman–Crippen LogP) is 1.59. The number of nitrogens with one attached hydrogen (secondary N) is 1. The van der Waals surface area contributed by atoms with Crippen LogP contribution in [0.3, 0.4) is 0 Å². The molecule has 5 heteroatoms. The SMILES string of the molecule is Cc1nc(N2CCSCC2)ncc1CNC1CC1. The summed E-state index contributed by atoms with van der Waals surface area (Å²) in [5, 5.41) is 3.52. The average molecular weight is 264 g/mol. The molecule has 1 saturated heterocycles. The molecule has 0 aromatic carbocycles. The molecule has 0 unspecified atom stereocenters. The van der Waals surface area contributed by atoms with Crippen molar-refractivity contribution in [3.05, 3.63) is 17.5 Å². The third kappa shape index (κ3) is 2.95. The fourth-order valence-electron chi connectivity index (χ4n) is 2.11. The van der Waals surface area contributed by atoms with Gasteiger partial charge in [0.1, 0.15) is 0 Å². The van der Waals surface area contributed by atoms with Crippen molar-refractivity contribution < 1.29 is 0 Å². The van der Waals surface area contributed by atoms with Crippen LogP contribution in [-0.4, -0.2) is 40.6 Å². The Morgan fingerprint density at radius 1 is 1.39 bits per heavy atom. The second kappa shape index (κ2) is 5.45. The van der Waals surface area contributed by atoms with Gasteiger partial charge < -0.3 is 10.2 Å². The summed E-state index contributed by atoms with van der Waals surface area (Å²) in [5.41, 5.74) is 2.35. The smallest absolute Gasteiger partial charge is 0.225 e. The lowest BCUT2D eigenvalue weighted by Gasteiger charge is -2.26. The highest BCUT2D eigenvalue weighted by molar-refractivity contribution is 7.99. The zero-order valence-corrected chi connectivity index (χ0v) is 11.7. The standard InChI is InChI=1S/C13H20N4S/c1-10-11(8-14-12-2-3-12)9-15-13(16-10)17-4-6-18-7-5-17/h9,12,14H,2-8H2,1H3. The highest BCUT2D eigenvalue weighted by Crippen LogP contribution is 2.20. The molecule has 18 heavy (non-hydrogen) atoms. The molecule has 1 aromatic heterocycles. The van der Waals surface area contributed by atoms with Gasteiger partial charge in [-0.1, -0.05) is 0 Å². The van der Waals surface area contributed by atoms with Crippen molar-refractivity contribution in [1.82, 2.24) is 15.3 Å². The molecular formula is C13H20N4S. The van der Waals surface area contributed by atoms with Gasteiger partial charge in [0.2, 0.25) is 5.95 Å². The van der Waals surface area contributed by atoms with E-state index in [0.717, 1.165) is 37.3 Å². The van der Waals surface area contributed by atoms with Crippen molar-refractivity contribution in [2.45, 2.75) is 32.4 Å². The Morgan fingerprint density at radius 3 is 2.83 bits per heavy atom. The first-order chi connectivity index (χ1) is 8.83. The van der Waals surface area contributed by atoms with E-state index in [1.807, 2.05) is 18.0 Å². The first-order valence-electron chi connectivity index (χ1n) is 6.71. The molecule has 2 heterocycles. The minimum atomic E-state index is 0.739. The Hall–Kier alpha value is -0.810. The lowest BCUT2D eigenvalue weighted by molar-refractivity contribution is 0.677. The maximum Gasteiger partial charge on any atom is 0.225 e. The predicted molar refractivity (Wildman–Crippen MR) is 76.2 cm³/mol. The Bertz CT molecular complexity index is 413. The van der Waals surface area contributed by atoms with Gasteiger partial charge in [-0.05, 0) is 19.8 Å². The van der Waals surface area contributed by atoms with Crippen LogP contribution in [0, 0.1) is 6.92 Å². The fraction of sp³-hybridized carbons (Fsp3) is 0.692. The van der Waals surface area contributed by atoms with E-state index in [2.05, 4.69) is 27.1 Å². The van der Waals surface area contributed by atoms with Crippen LogP contribution in [0.2, 0.25) is 0 Å².